The summed E-state index contributed by atoms with van der Waals surface area (Å²) in [6.07, 6.45) is 0. The van der Waals surface area contributed by atoms with Crippen LogP contribution in [0.15, 0.2) is 52.1 Å². The van der Waals surface area contributed by atoms with Gasteiger partial charge in [-0.05, 0) is 23.3 Å². The van der Waals surface area contributed by atoms with E-state index < -0.39 is 0 Å². The number of fused-ring (bicyclic) bond motifs is 1. The third-order valence-electron chi connectivity index (χ3n) is 2.90. The van der Waals surface area contributed by atoms with E-state index in [1.165, 1.54) is 10.8 Å². The van der Waals surface area contributed by atoms with Crippen molar-refractivity contribution >= 4 is 23.4 Å². The fourth-order valence-corrected chi connectivity index (χ4v) is 2.43. The molecule has 3 rings (SSSR count). The molecule has 0 aliphatic rings. The first kappa shape index (κ1) is 10.4. The van der Waals surface area contributed by atoms with Crippen LogP contribution >= 0.6 is 12.6 Å². The van der Waals surface area contributed by atoms with E-state index in [2.05, 4.69) is 42.1 Å². The summed E-state index contributed by atoms with van der Waals surface area (Å²) < 4.78 is 5.11. The number of benzene rings is 2. The van der Waals surface area contributed by atoms with Crippen molar-refractivity contribution in [1.29, 1.82) is 0 Å². The monoisotopic (exact) mass is 241 g/mol. The third kappa shape index (κ3) is 1.63. The Morgan fingerprint density at radius 2 is 1.82 bits per heavy atom. The van der Waals surface area contributed by atoms with Crippen LogP contribution in [0.25, 0.3) is 21.9 Å². The molecule has 0 spiro atoms. The standard InChI is InChI=1S/C14H11NOS/c1-9-13(14(17)16-15-9)12-8-4-6-10-5-2-3-7-11(10)12/h2-8,17H,1H3. The molecule has 0 fully saturated rings. The predicted octanol–water partition coefficient (Wildman–Crippen LogP) is 4.09. The van der Waals surface area contributed by atoms with Crippen LogP contribution in [0, 0.1) is 6.92 Å². The van der Waals surface area contributed by atoms with Crippen molar-refractivity contribution in [3.8, 4) is 11.1 Å². The average Bonchev–Trinajstić information content (AvgIpc) is 2.69. The highest BCUT2D eigenvalue weighted by Crippen LogP contribution is 2.34. The van der Waals surface area contributed by atoms with Gasteiger partial charge in [-0.3, -0.25) is 0 Å². The second-order valence-corrected chi connectivity index (χ2v) is 4.38. The lowest BCUT2D eigenvalue weighted by atomic mass is 9.99. The molecule has 84 valence electrons. The van der Waals surface area contributed by atoms with Crippen molar-refractivity contribution in [2.45, 2.75) is 12.0 Å². The highest BCUT2D eigenvalue weighted by atomic mass is 32.1. The average molecular weight is 241 g/mol. The summed E-state index contributed by atoms with van der Waals surface area (Å²) in [5.41, 5.74) is 2.96. The number of aromatic nitrogens is 1. The molecule has 3 heteroatoms. The van der Waals surface area contributed by atoms with Crippen molar-refractivity contribution in [2.24, 2.45) is 0 Å². The normalized spacial score (nSPS) is 10.9. The first-order valence-corrected chi connectivity index (χ1v) is 5.85. The summed E-state index contributed by atoms with van der Waals surface area (Å²) in [6.45, 7) is 1.93. The fourth-order valence-electron chi connectivity index (χ4n) is 2.11. The van der Waals surface area contributed by atoms with Crippen LogP contribution in [0.4, 0.5) is 0 Å². The largest absolute Gasteiger partial charge is 0.349 e. The van der Waals surface area contributed by atoms with E-state index in [0.29, 0.717) is 5.09 Å². The number of hydrogen-bond donors (Lipinski definition) is 1. The van der Waals surface area contributed by atoms with Crippen LogP contribution in [0.3, 0.4) is 0 Å². The second-order valence-electron chi connectivity index (χ2n) is 3.97. The minimum absolute atomic E-state index is 0.568. The molecule has 0 bridgehead atoms. The maximum absolute atomic E-state index is 5.11. The maximum Gasteiger partial charge on any atom is 0.198 e. The van der Waals surface area contributed by atoms with Gasteiger partial charge in [-0.25, -0.2) is 0 Å². The highest BCUT2D eigenvalue weighted by Gasteiger charge is 2.14. The highest BCUT2D eigenvalue weighted by molar-refractivity contribution is 7.80. The van der Waals surface area contributed by atoms with Crippen LogP contribution in [-0.4, -0.2) is 5.16 Å². The number of rotatable bonds is 1. The molecule has 0 aliphatic carbocycles. The molecular weight excluding hydrogens is 230 g/mol. The molecule has 1 aromatic heterocycles. The molecule has 3 aromatic rings. The quantitative estimate of drug-likeness (QED) is 0.649. The fraction of sp³-hybridized carbons (Fsp3) is 0.0714. The molecule has 0 saturated heterocycles. The van der Waals surface area contributed by atoms with Crippen LogP contribution < -0.4 is 0 Å². The zero-order valence-electron chi connectivity index (χ0n) is 9.34. The van der Waals surface area contributed by atoms with Crippen molar-refractivity contribution in [2.75, 3.05) is 0 Å². The molecule has 0 unspecified atom stereocenters. The Hall–Kier alpha value is -1.74. The van der Waals surface area contributed by atoms with Gasteiger partial charge in [0.25, 0.3) is 0 Å². The molecule has 2 nitrogen and oxygen atoms in total. The number of thiol groups is 1. The van der Waals surface area contributed by atoms with Crippen LogP contribution in [0.5, 0.6) is 0 Å². The van der Waals surface area contributed by atoms with Crippen molar-refractivity contribution in [3.05, 3.63) is 48.2 Å². The zero-order valence-corrected chi connectivity index (χ0v) is 10.2. The zero-order chi connectivity index (χ0) is 11.8. The molecule has 0 radical (unpaired) electrons. The second kappa shape index (κ2) is 3.93. The van der Waals surface area contributed by atoms with E-state index in [0.717, 1.165) is 16.8 Å². The van der Waals surface area contributed by atoms with Gasteiger partial charge in [0.05, 0.1) is 11.3 Å². The first-order chi connectivity index (χ1) is 8.27. The third-order valence-corrected chi connectivity index (χ3v) is 3.21. The van der Waals surface area contributed by atoms with Gasteiger partial charge in [-0.2, -0.15) is 0 Å². The molecule has 0 atom stereocenters. The predicted molar refractivity (Wildman–Crippen MR) is 71.4 cm³/mol. The van der Waals surface area contributed by atoms with Crippen molar-refractivity contribution in [1.82, 2.24) is 5.16 Å². The molecule has 1 heterocycles. The summed E-state index contributed by atoms with van der Waals surface area (Å²) in [7, 11) is 0. The number of hydrogen-bond acceptors (Lipinski definition) is 3. The minimum atomic E-state index is 0.568. The molecule has 2 aromatic carbocycles. The Balaban J connectivity index is 2.38. The summed E-state index contributed by atoms with van der Waals surface area (Å²) in [4.78, 5) is 0. The van der Waals surface area contributed by atoms with E-state index in [-0.39, 0.29) is 0 Å². The minimum Gasteiger partial charge on any atom is -0.349 e. The summed E-state index contributed by atoms with van der Waals surface area (Å²) >= 11 is 4.33. The molecule has 0 aliphatic heterocycles. The Bertz CT molecular complexity index is 663. The van der Waals surface area contributed by atoms with Crippen LogP contribution in [0.2, 0.25) is 0 Å². The van der Waals surface area contributed by atoms with E-state index >= 15 is 0 Å². The van der Waals surface area contributed by atoms with Crippen LogP contribution in [0.1, 0.15) is 5.69 Å². The van der Waals surface area contributed by atoms with Gasteiger partial charge < -0.3 is 4.52 Å². The Morgan fingerprint density at radius 3 is 2.59 bits per heavy atom. The number of aryl methyl sites for hydroxylation is 1. The Kier molecular flexibility index (Phi) is 2.41. The van der Waals surface area contributed by atoms with Gasteiger partial charge in [0.15, 0.2) is 5.09 Å². The topological polar surface area (TPSA) is 26.0 Å². The lowest BCUT2D eigenvalue weighted by molar-refractivity contribution is 0.348. The molecule has 0 amide bonds. The van der Waals surface area contributed by atoms with Gasteiger partial charge in [-0.15, -0.1) is 12.6 Å². The smallest absolute Gasteiger partial charge is 0.198 e. The summed E-state index contributed by atoms with van der Waals surface area (Å²) in [5.74, 6) is 0. The van der Waals surface area contributed by atoms with E-state index in [4.69, 9.17) is 4.52 Å². The van der Waals surface area contributed by atoms with Crippen molar-refractivity contribution < 1.29 is 4.52 Å². The SMILES string of the molecule is Cc1noc(S)c1-c1cccc2ccccc12. The van der Waals surface area contributed by atoms with Gasteiger partial charge in [0, 0.05) is 0 Å². The Morgan fingerprint density at radius 1 is 1.06 bits per heavy atom. The van der Waals surface area contributed by atoms with Gasteiger partial charge in [-0.1, -0.05) is 47.6 Å². The first-order valence-electron chi connectivity index (χ1n) is 5.41. The molecule has 17 heavy (non-hydrogen) atoms. The molecule has 0 N–H and O–H groups in total. The van der Waals surface area contributed by atoms with Crippen molar-refractivity contribution in [3.63, 3.8) is 0 Å². The van der Waals surface area contributed by atoms with E-state index in [1.54, 1.807) is 0 Å². The summed E-state index contributed by atoms with van der Waals surface area (Å²) in [5, 5.41) is 6.91. The number of nitrogens with zero attached hydrogens (tertiary/aromatic N) is 1. The molecular formula is C14H11NOS. The van der Waals surface area contributed by atoms with E-state index in [1.807, 2.05) is 25.1 Å². The van der Waals surface area contributed by atoms with Gasteiger partial charge >= 0.3 is 0 Å². The van der Waals surface area contributed by atoms with Crippen LogP contribution in [-0.2, 0) is 0 Å². The lowest BCUT2D eigenvalue weighted by Gasteiger charge is -2.05. The lowest BCUT2D eigenvalue weighted by Crippen LogP contribution is -1.83. The van der Waals surface area contributed by atoms with Gasteiger partial charge in [0.1, 0.15) is 0 Å². The molecule has 0 saturated carbocycles. The Labute approximate surface area is 105 Å². The maximum atomic E-state index is 5.11. The summed E-state index contributed by atoms with van der Waals surface area (Å²) in [6, 6.07) is 14.5. The van der Waals surface area contributed by atoms with Gasteiger partial charge in [0.2, 0.25) is 0 Å². The van der Waals surface area contributed by atoms with E-state index in [9.17, 15) is 0 Å².